The van der Waals surface area contributed by atoms with Crippen molar-refractivity contribution >= 4 is 29.9 Å². The molecule has 2 rings (SSSR count). The molecule has 0 spiro atoms. The summed E-state index contributed by atoms with van der Waals surface area (Å²) in [6, 6.07) is 0. The lowest BCUT2D eigenvalue weighted by Crippen LogP contribution is -2.47. The van der Waals surface area contributed by atoms with Gasteiger partial charge in [-0.3, -0.25) is 0 Å². The Bertz CT molecular complexity index is 361. The average Bonchev–Trinajstić information content (AvgIpc) is 2.58. The van der Waals surface area contributed by atoms with Gasteiger partial charge in [0.2, 0.25) is 0 Å². The molecule has 142 valence electrons. The zero-order valence-electron chi connectivity index (χ0n) is 14.4. The Morgan fingerprint density at radius 2 is 2.04 bits per heavy atom. The first kappa shape index (κ1) is 21.8. The lowest BCUT2D eigenvalue weighted by molar-refractivity contribution is -0.0721. The zero-order valence-corrected chi connectivity index (χ0v) is 16.7. The van der Waals surface area contributed by atoms with Crippen molar-refractivity contribution in [3.63, 3.8) is 0 Å². The summed E-state index contributed by atoms with van der Waals surface area (Å²) in [6.45, 7) is 5.26. The number of alkyl halides is 2. The predicted octanol–water partition coefficient (Wildman–Crippen LogP) is 2.89. The van der Waals surface area contributed by atoms with Crippen LogP contribution in [0.2, 0.25) is 0 Å². The number of likely N-dealkylation sites (tertiary alicyclic amines) is 1. The fourth-order valence-corrected chi connectivity index (χ4v) is 3.00. The second-order valence-electron chi connectivity index (χ2n) is 6.09. The number of nitrogens with one attached hydrogen (secondary N) is 1. The Labute approximate surface area is 160 Å². The van der Waals surface area contributed by atoms with Crippen molar-refractivity contribution in [1.29, 1.82) is 0 Å². The summed E-state index contributed by atoms with van der Waals surface area (Å²) in [6.07, 6.45) is 3.32. The van der Waals surface area contributed by atoms with Crippen LogP contribution in [0.3, 0.4) is 0 Å². The molecule has 1 unspecified atom stereocenters. The minimum Gasteiger partial charge on any atom is -0.376 e. The fourth-order valence-electron chi connectivity index (χ4n) is 3.00. The topological polar surface area (TPSA) is 46.1 Å². The van der Waals surface area contributed by atoms with Gasteiger partial charge in [-0.1, -0.05) is 0 Å². The molecular weight excluding hydrogens is 431 g/mol. The fraction of sp³-hybridized carbons (Fsp3) is 0.938. The Hall–Kier alpha value is -0.220. The van der Waals surface area contributed by atoms with Crippen molar-refractivity contribution in [2.75, 3.05) is 39.4 Å². The lowest BCUT2D eigenvalue weighted by atomic mass is 10.1. The Morgan fingerprint density at radius 1 is 1.29 bits per heavy atom. The molecule has 0 aromatic rings. The van der Waals surface area contributed by atoms with Crippen LogP contribution in [0.25, 0.3) is 0 Å². The van der Waals surface area contributed by atoms with E-state index in [-0.39, 0.29) is 36.2 Å². The third-order valence-electron chi connectivity index (χ3n) is 4.25. The summed E-state index contributed by atoms with van der Waals surface area (Å²) < 4.78 is 36.4. The Balaban J connectivity index is 0.00000288. The van der Waals surface area contributed by atoms with Crippen molar-refractivity contribution in [1.82, 2.24) is 10.2 Å². The maximum atomic E-state index is 12.4. The number of piperidine rings is 1. The molecule has 0 amide bonds. The normalized spacial score (nSPS) is 23.2. The number of hydrogen-bond acceptors (Lipinski definition) is 3. The largest absolute Gasteiger partial charge is 0.376 e. The first-order valence-electron chi connectivity index (χ1n) is 8.73. The van der Waals surface area contributed by atoms with E-state index < -0.39 is 13.0 Å². The first-order valence-corrected chi connectivity index (χ1v) is 8.73. The number of ether oxygens (including phenoxy) is 2. The van der Waals surface area contributed by atoms with Crippen LogP contribution >= 0.6 is 24.0 Å². The van der Waals surface area contributed by atoms with Gasteiger partial charge in [0, 0.05) is 26.2 Å². The third kappa shape index (κ3) is 7.77. The van der Waals surface area contributed by atoms with Gasteiger partial charge in [-0.15, -0.1) is 24.0 Å². The van der Waals surface area contributed by atoms with Gasteiger partial charge in [0.1, 0.15) is 6.54 Å². The molecule has 0 aromatic carbocycles. The van der Waals surface area contributed by atoms with E-state index in [4.69, 9.17) is 9.47 Å². The molecule has 5 nitrogen and oxygen atoms in total. The maximum Gasteiger partial charge on any atom is 0.257 e. The van der Waals surface area contributed by atoms with E-state index in [1.165, 1.54) is 6.42 Å². The van der Waals surface area contributed by atoms with Crippen LogP contribution in [0.5, 0.6) is 0 Å². The molecule has 2 aliphatic rings. The van der Waals surface area contributed by atoms with Crippen molar-refractivity contribution in [2.45, 2.75) is 57.7 Å². The minimum atomic E-state index is -2.40. The molecule has 2 heterocycles. The van der Waals surface area contributed by atoms with E-state index in [1.807, 2.05) is 11.8 Å². The highest BCUT2D eigenvalue weighted by atomic mass is 127. The SMILES string of the molecule is CCNC(=NCC(F)F)N1CCC(OCC2CCCCO2)CC1.I. The molecule has 1 N–H and O–H groups in total. The van der Waals surface area contributed by atoms with Crippen LogP contribution in [0, 0.1) is 0 Å². The summed E-state index contributed by atoms with van der Waals surface area (Å²) in [5, 5.41) is 3.09. The third-order valence-corrected chi connectivity index (χ3v) is 4.25. The highest BCUT2D eigenvalue weighted by Gasteiger charge is 2.23. The zero-order chi connectivity index (χ0) is 16.5. The second kappa shape index (κ2) is 12.2. The number of hydrogen-bond donors (Lipinski definition) is 1. The quantitative estimate of drug-likeness (QED) is 0.376. The molecule has 0 aliphatic carbocycles. The van der Waals surface area contributed by atoms with Gasteiger partial charge < -0.3 is 19.7 Å². The van der Waals surface area contributed by atoms with Crippen LogP contribution in [-0.2, 0) is 9.47 Å². The molecule has 2 aliphatic heterocycles. The van der Waals surface area contributed by atoms with Gasteiger partial charge in [-0.05, 0) is 39.0 Å². The van der Waals surface area contributed by atoms with E-state index in [0.29, 0.717) is 19.1 Å². The molecule has 1 atom stereocenters. The van der Waals surface area contributed by atoms with Gasteiger partial charge in [0.25, 0.3) is 6.43 Å². The molecular formula is C16H30F2IN3O2. The number of halogens is 3. The van der Waals surface area contributed by atoms with Crippen molar-refractivity contribution < 1.29 is 18.3 Å². The van der Waals surface area contributed by atoms with Crippen molar-refractivity contribution in [3.05, 3.63) is 0 Å². The highest BCUT2D eigenvalue weighted by molar-refractivity contribution is 14.0. The smallest absolute Gasteiger partial charge is 0.257 e. The first-order chi connectivity index (χ1) is 11.2. The number of guanidine groups is 1. The minimum absolute atomic E-state index is 0. The molecule has 8 heteroatoms. The summed E-state index contributed by atoms with van der Waals surface area (Å²) >= 11 is 0. The van der Waals surface area contributed by atoms with E-state index in [0.717, 1.165) is 45.4 Å². The van der Waals surface area contributed by atoms with Gasteiger partial charge in [0.15, 0.2) is 5.96 Å². The van der Waals surface area contributed by atoms with Gasteiger partial charge in [-0.2, -0.15) is 0 Å². The molecule has 2 fully saturated rings. The van der Waals surface area contributed by atoms with E-state index in [9.17, 15) is 8.78 Å². The van der Waals surface area contributed by atoms with Gasteiger partial charge in [-0.25, -0.2) is 13.8 Å². The lowest BCUT2D eigenvalue weighted by Gasteiger charge is -2.35. The summed E-state index contributed by atoms with van der Waals surface area (Å²) in [5.41, 5.74) is 0. The second-order valence-corrected chi connectivity index (χ2v) is 6.09. The monoisotopic (exact) mass is 461 g/mol. The van der Waals surface area contributed by atoms with Crippen LogP contribution < -0.4 is 5.32 Å². The van der Waals surface area contributed by atoms with Gasteiger partial charge >= 0.3 is 0 Å². The standard InChI is InChI=1S/C16H29F2N3O2.HI/c1-2-19-16(20-11-15(17)18)21-8-6-13(7-9-21)23-12-14-5-3-4-10-22-14;/h13-15H,2-12H2,1H3,(H,19,20);1H. The predicted molar refractivity (Wildman–Crippen MR) is 102 cm³/mol. The Kier molecular flexibility index (Phi) is 11.1. The van der Waals surface area contributed by atoms with Crippen LogP contribution in [0.4, 0.5) is 8.78 Å². The molecule has 0 radical (unpaired) electrons. The van der Waals surface area contributed by atoms with E-state index >= 15 is 0 Å². The summed E-state index contributed by atoms with van der Waals surface area (Å²) in [5.74, 6) is 0.585. The molecule has 24 heavy (non-hydrogen) atoms. The maximum absolute atomic E-state index is 12.4. The summed E-state index contributed by atoms with van der Waals surface area (Å²) in [7, 11) is 0. The molecule has 0 aromatic heterocycles. The van der Waals surface area contributed by atoms with Crippen LogP contribution in [-0.4, -0.2) is 68.9 Å². The number of rotatable bonds is 6. The number of aliphatic imine (C=N–C) groups is 1. The molecule has 0 bridgehead atoms. The van der Waals surface area contributed by atoms with Crippen molar-refractivity contribution in [2.24, 2.45) is 4.99 Å². The van der Waals surface area contributed by atoms with Crippen LogP contribution in [0.15, 0.2) is 4.99 Å². The number of nitrogens with zero attached hydrogens (tertiary/aromatic N) is 2. The van der Waals surface area contributed by atoms with E-state index in [2.05, 4.69) is 10.3 Å². The van der Waals surface area contributed by atoms with Gasteiger partial charge in [0.05, 0.1) is 18.8 Å². The van der Waals surface area contributed by atoms with Crippen molar-refractivity contribution in [3.8, 4) is 0 Å². The van der Waals surface area contributed by atoms with E-state index in [1.54, 1.807) is 0 Å². The van der Waals surface area contributed by atoms with Crippen LogP contribution in [0.1, 0.15) is 39.0 Å². The molecule has 0 saturated carbocycles. The molecule has 2 saturated heterocycles. The Morgan fingerprint density at radius 3 is 2.62 bits per heavy atom. The highest BCUT2D eigenvalue weighted by Crippen LogP contribution is 2.18. The summed E-state index contributed by atoms with van der Waals surface area (Å²) in [4.78, 5) is 6.05. The average molecular weight is 461 g/mol.